The summed E-state index contributed by atoms with van der Waals surface area (Å²) in [7, 11) is 0. The van der Waals surface area contributed by atoms with Crippen molar-refractivity contribution in [3.8, 4) is 0 Å². The van der Waals surface area contributed by atoms with Crippen molar-refractivity contribution in [2.45, 2.75) is 37.8 Å². The number of aromatic nitrogens is 2. The lowest BCUT2D eigenvalue weighted by Gasteiger charge is -2.31. The molecule has 2 N–H and O–H groups in total. The summed E-state index contributed by atoms with van der Waals surface area (Å²) in [6.07, 6.45) is 2.29. The Kier molecular flexibility index (Phi) is 4.64. The molecular weight excluding hydrogens is 364 g/mol. The van der Waals surface area contributed by atoms with E-state index >= 15 is 0 Å². The molecule has 5 rings (SSSR count). The Balaban J connectivity index is 1.23. The van der Waals surface area contributed by atoms with Gasteiger partial charge in [0, 0.05) is 18.8 Å². The molecular formula is C23H25N4O2+. The van der Waals surface area contributed by atoms with Crippen LogP contribution in [0.15, 0.2) is 54.6 Å². The zero-order chi connectivity index (χ0) is 19.8. The number of imidazole rings is 1. The fraction of sp³-hybridized carbons (Fsp3) is 0.348. The van der Waals surface area contributed by atoms with E-state index in [0.717, 1.165) is 48.4 Å². The number of nitrogens with zero attached hydrogens (tertiary/aromatic N) is 2. The summed E-state index contributed by atoms with van der Waals surface area (Å²) in [5.41, 5.74) is 3.07. The predicted molar refractivity (Wildman–Crippen MR) is 109 cm³/mol. The van der Waals surface area contributed by atoms with Crippen LogP contribution in [-0.2, 0) is 16.1 Å². The molecule has 2 aliphatic rings. The van der Waals surface area contributed by atoms with Crippen LogP contribution >= 0.6 is 0 Å². The minimum atomic E-state index is -0.233. The molecule has 2 amide bonds. The minimum absolute atomic E-state index is 0.0176. The molecule has 0 unspecified atom stereocenters. The lowest BCUT2D eigenvalue weighted by Crippen LogP contribution is -3.17. The number of carbonyl (C=O) groups excluding carboxylic acids is 2. The lowest BCUT2D eigenvalue weighted by atomic mass is 9.95. The van der Waals surface area contributed by atoms with E-state index in [4.69, 9.17) is 4.98 Å². The molecule has 6 nitrogen and oxygen atoms in total. The average Bonchev–Trinajstić information content (AvgIpc) is 3.31. The number of imide groups is 1. The molecule has 0 aliphatic carbocycles. The summed E-state index contributed by atoms with van der Waals surface area (Å²) in [6, 6.07) is 17.6. The van der Waals surface area contributed by atoms with Gasteiger partial charge in [-0.15, -0.1) is 0 Å². The van der Waals surface area contributed by atoms with Crippen LogP contribution in [0.5, 0.6) is 0 Å². The third-order valence-corrected chi connectivity index (χ3v) is 6.34. The zero-order valence-electron chi connectivity index (χ0n) is 16.3. The Morgan fingerprint density at radius 1 is 1.00 bits per heavy atom. The minimum Gasteiger partial charge on any atom is -0.342 e. The second-order valence-electron chi connectivity index (χ2n) is 8.13. The number of hydrogen-bond donors (Lipinski definition) is 2. The number of hydrogen-bond acceptors (Lipinski definition) is 3. The van der Waals surface area contributed by atoms with Crippen molar-refractivity contribution in [3.05, 3.63) is 66.0 Å². The second kappa shape index (κ2) is 7.44. The van der Waals surface area contributed by atoms with E-state index in [-0.39, 0.29) is 17.9 Å². The third-order valence-electron chi connectivity index (χ3n) is 6.34. The number of quaternary nitrogens is 1. The van der Waals surface area contributed by atoms with E-state index in [9.17, 15) is 9.59 Å². The molecule has 0 saturated carbocycles. The van der Waals surface area contributed by atoms with Gasteiger partial charge in [0.25, 0.3) is 5.91 Å². The molecule has 2 aliphatic heterocycles. The van der Waals surface area contributed by atoms with Gasteiger partial charge < -0.3 is 9.88 Å². The average molecular weight is 389 g/mol. The zero-order valence-corrected chi connectivity index (χ0v) is 16.3. The lowest BCUT2D eigenvalue weighted by molar-refractivity contribution is -0.920. The molecule has 2 fully saturated rings. The number of likely N-dealkylation sites (tertiary alicyclic amines) is 2. The van der Waals surface area contributed by atoms with Crippen LogP contribution in [0.3, 0.4) is 0 Å². The van der Waals surface area contributed by atoms with E-state index in [0.29, 0.717) is 18.9 Å². The smallest absolute Gasteiger partial charge is 0.288 e. The van der Waals surface area contributed by atoms with Gasteiger partial charge in [-0.2, -0.15) is 0 Å². The number of aromatic amines is 1. The van der Waals surface area contributed by atoms with Crippen molar-refractivity contribution in [2.24, 2.45) is 0 Å². The number of fused-ring (bicyclic) bond motifs is 1. The highest BCUT2D eigenvalue weighted by molar-refractivity contribution is 6.04. The van der Waals surface area contributed by atoms with E-state index < -0.39 is 0 Å². The van der Waals surface area contributed by atoms with Crippen LogP contribution in [-0.4, -0.2) is 45.8 Å². The second-order valence-corrected chi connectivity index (χ2v) is 8.13. The number of carbonyl (C=O) groups is 2. The molecule has 3 heterocycles. The van der Waals surface area contributed by atoms with Gasteiger partial charge in [-0.1, -0.05) is 42.5 Å². The standard InChI is InChI=1S/C23H24N4O2/c28-21-14-20(23(29)27(21)15-16-6-2-1-3-7-16)26-12-10-17(11-13-26)22-24-18-8-4-5-9-19(18)25-22/h1-9,17,20H,10-15H2,(H,24,25)/p+1/t20-/m1/s1. The Morgan fingerprint density at radius 2 is 1.72 bits per heavy atom. The molecule has 0 radical (unpaired) electrons. The highest BCUT2D eigenvalue weighted by Crippen LogP contribution is 2.25. The third kappa shape index (κ3) is 3.44. The summed E-state index contributed by atoms with van der Waals surface area (Å²) in [5, 5.41) is 0. The van der Waals surface area contributed by atoms with Gasteiger partial charge in [-0.3, -0.25) is 14.5 Å². The number of para-hydroxylation sites is 2. The molecule has 29 heavy (non-hydrogen) atoms. The number of H-pyrrole nitrogens is 1. The highest BCUT2D eigenvalue weighted by atomic mass is 16.2. The quantitative estimate of drug-likeness (QED) is 0.667. The van der Waals surface area contributed by atoms with Crippen LogP contribution in [0.1, 0.15) is 36.6 Å². The molecule has 2 aromatic carbocycles. The first kappa shape index (κ1) is 18.1. The number of rotatable bonds is 4. The molecule has 6 heteroatoms. The van der Waals surface area contributed by atoms with Gasteiger partial charge in [0.1, 0.15) is 5.82 Å². The Morgan fingerprint density at radius 3 is 2.48 bits per heavy atom. The highest BCUT2D eigenvalue weighted by Gasteiger charge is 2.45. The van der Waals surface area contributed by atoms with Crippen molar-refractivity contribution in [1.82, 2.24) is 14.9 Å². The fourth-order valence-corrected chi connectivity index (χ4v) is 4.71. The van der Waals surface area contributed by atoms with Crippen molar-refractivity contribution >= 4 is 22.8 Å². The SMILES string of the molecule is O=C1C[C@@H]([NH+]2CCC(c3nc4ccccc4[nH]3)CC2)C(=O)N1Cc1ccccc1. The van der Waals surface area contributed by atoms with Gasteiger partial charge >= 0.3 is 0 Å². The van der Waals surface area contributed by atoms with Gasteiger partial charge in [0.05, 0.1) is 37.1 Å². The Bertz CT molecular complexity index is 1000. The molecule has 1 aromatic heterocycles. The predicted octanol–water partition coefficient (Wildman–Crippen LogP) is 1.65. The topological polar surface area (TPSA) is 70.5 Å². The van der Waals surface area contributed by atoms with Gasteiger partial charge in [0.2, 0.25) is 5.91 Å². The van der Waals surface area contributed by atoms with Crippen LogP contribution in [0.2, 0.25) is 0 Å². The normalized spacial score (nSPS) is 25.1. The Hall–Kier alpha value is -2.99. The molecule has 1 atom stereocenters. The van der Waals surface area contributed by atoms with E-state index in [1.54, 1.807) is 0 Å². The molecule has 0 spiro atoms. The van der Waals surface area contributed by atoms with Crippen molar-refractivity contribution in [2.75, 3.05) is 13.1 Å². The molecule has 2 saturated heterocycles. The summed E-state index contributed by atoms with van der Waals surface area (Å²) in [4.78, 5) is 36.3. The van der Waals surface area contributed by atoms with E-state index in [1.165, 1.54) is 9.80 Å². The molecule has 0 bridgehead atoms. The molecule has 3 aromatic rings. The van der Waals surface area contributed by atoms with Gasteiger partial charge in [0.15, 0.2) is 6.04 Å². The van der Waals surface area contributed by atoms with Crippen molar-refractivity contribution in [1.29, 1.82) is 0 Å². The van der Waals surface area contributed by atoms with Gasteiger partial charge in [-0.25, -0.2) is 4.98 Å². The summed E-state index contributed by atoms with van der Waals surface area (Å²) < 4.78 is 0. The van der Waals surface area contributed by atoms with Crippen LogP contribution in [0.4, 0.5) is 0 Å². The Labute approximate surface area is 169 Å². The number of nitrogens with one attached hydrogen (secondary N) is 2. The van der Waals surface area contributed by atoms with Crippen LogP contribution in [0.25, 0.3) is 11.0 Å². The maximum absolute atomic E-state index is 13.0. The number of piperidine rings is 1. The monoisotopic (exact) mass is 389 g/mol. The first-order valence-electron chi connectivity index (χ1n) is 10.4. The molecule has 148 valence electrons. The van der Waals surface area contributed by atoms with Crippen molar-refractivity contribution < 1.29 is 14.5 Å². The van der Waals surface area contributed by atoms with Crippen LogP contribution in [0, 0.1) is 0 Å². The first-order chi connectivity index (χ1) is 14.2. The van der Waals surface area contributed by atoms with Crippen molar-refractivity contribution in [3.63, 3.8) is 0 Å². The summed E-state index contributed by atoms with van der Waals surface area (Å²) >= 11 is 0. The van der Waals surface area contributed by atoms with Crippen LogP contribution < -0.4 is 4.90 Å². The fourth-order valence-electron chi connectivity index (χ4n) is 4.71. The van der Waals surface area contributed by atoms with E-state index in [2.05, 4.69) is 11.1 Å². The summed E-state index contributed by atoms with van der Waals surface area (Å²) in [6.45, 7) is 2.17. The number of benzene rings is 2. The first-order valence-corrected chi connectivity index (χ1v) is 10.4. The largest absolute Gasteiger partial charge is 0.342 e. The maximum atomic E-state index is 13.0. The van der Waals surface area contributed by atoms with E-state index in [1.807, 2.05) is 48.5 Å². The number of amides is 2. The summed E-state index contributed by atoms with van der Waals surface area (Å²) in [5.74, 6) is 1.37. The maximum Gasteiger partial charge on any atom is 0.288 e. The van der Waals surface area contributed by atoms with Gasteiger partial charge in [-0.05, 0) is 17.7 Å².